The maximum absolute atomic E-state index is 13.9. The number of hydrogen-bond donors (Lipinski definition) is 1. The monoisotopic (exact) mass is 355 g/mol. The summed E-state index contributed by atoms with van der Waals surface area (Å²) in [6.07, 6.45) is 3.09. The number of carbonyl (C=O) groups excluding carboxylic acids is 1. The molecule has 1 amide bonds. The third-order valence-electron chi connectivity index (χ3n) is 4.54. The van der Waals surface area contributed by atoms with E-state index in [1.54, 1.807) is 24.4 Å². The molecule has 0 saturated heterocycles. The number of carbonyl (C=O) groups is 1. The molecular formula is C17H18FN7O. The van der Waals surface area contributed by atoms with Crippen molar-refractivity contribution >= 4 is 11.6 Å². The first kappa shape index (κ1) is 16.4. The number of amides is 1. The number of aromatic nitrogens is 5. The highest BCUT2D eigenvalue weighted by molar-refractivity contribution is 5.94. The van der Waals surface area contributed by atoms with Crippen molar-refractivity contribution in [3.63, 3.8) is 0 Å². The Kier molecular flexibility index (Phi) is 4.00. The van der Waals surface area contributed by atoms with Gasteiger partial charge in [0.2, 0.25) is 5.91 Å². The number of nitrogens with one attached hydrogen (secondary N) is 1. The molecule has 8 nitrogen and oxygen atoms in total. The van der Waals surface area contributed by atoms with Gasteiger partial charge in [-0.25, -0.2) is 9.07 Å². The quantitative estimate of drug-likeness (QED) is 0.767. The molecule has 1 atom stereocenters. The first-order valence-corrected chi connectivity index (χ1v) is 8.22. The summed E-state index contributed by atoms with van der Waals surface area (Å²) in [7, 11) is 1.88. The van der Waals surface area contributed by atoms with Crippen LogP contribution in [0.4, 0.5) is 10.1 Å². The number of para-hydroxylation sites is 1. The van der Waals surface area contributed by atoms with Crippen LogP contribution in [-0.2, 0) is 17.9 Å². The van der Waals surface area contributed by atoms with Crippen LogP contribution in [0.3, 0.4) is 0 Å². The highest BCUT2D eigenvalue weighted by Crippen LogP contribution is 2.19. The van der Waals surface area contributed by atoms with Gasteiger partial charge in [0, 0.05) is 0 Å². The average Bonchev–Trinajstić information content (AvgIpc) is 3.21. The normalized spacial score (nSPS) is 17.1. The minimum Gasteiger partial charge on any atom is -0.322 e. The molecule has 2 aromatic heterocycles. The fraction of sp³-hybridized carbons (Fsp3) is 0.294. The van der Waals surface area contributed by atoms with Crippen molar-refractivity contribution in [2.45, 2.75) is 26.1 Å². The molecule has 0 aliphatic carbocycles. The number of rotatable bonds is 3. The molecule has 0 bridgehead atoms. The van der Waals surface area contributed by atoms with Gasteiger partial charge < -0.3 is 9.88 Å². The van der Waals surface area contributed by atoms with Crippen LogP contribution in [0.1, 0.15) is 11.6 Å². The lowest BCUT2D eigenvalue weighted by molar-refractivity contribution is -0.122. The zero-order valence-corrected chi connectivity index (χ0v) is 14.4. The van der Waals surface area contributed by atoms with Crippen LogP contribution in [0.15, 0.2) is 36.7 Å². The molecule has 9 heteroatoms. The van der Waals surface area contributed by atoms with Crippen LogP contribution >= 0.6 is 0 Å². The molecule has 3 heterocycles. The molecule has 1 N–H and O–H groups in total. The summed E-state index contributed by atoms with van der Waals surface area (Å²) >= 11 is 0. The molecule has 1 aliphatic heterocycles. The number of likely N-dealkylation sites (N-methyl/N-ethyl adjacent to an activating group) is 1. The van der Waals surface area contributed by atoms with E-state index in [1.165, 1.54) is 16.9 Å². The molecule has 1 aromatic carbocycles. The predicted molar refractivity (Wildman–Crippen MR) is 92.2 cm³/mol. The summed E-state index contributed by atoms with van der Waals surface area (Å²) in [5, 5.41) is 15.2. The van der Waals surface area contributed by atoms with Gasteiger partial charge in [-0.15, -0.1) is 10.2 Å². The van der Waals surface area contributed by atoms with Crippen LogP contribution in [-0.4, -0.2) is 48.4 Å². The Morgan fingerprint density at radius 2 is 2.12 bits per heavy atom. The van der Waals surface area contributed by atoms with E-state index >= 15 is 0 Å². The van der Waals surface area contributed by atoms with Crippen molar-refractivity contribution < 1.29 is 9.18 Å². The highest BCUT2D eigenvalue weighted by Gasteiger charge is 2.31. The zero-order chi connectivity index (χ0) is 18.3. The summed E-state index contributed by atoms with van der Waals surface area (Å²) in [5.41, 5.74) is 0.838. The maximum atomic E-state index is 13.9. The fourth-order valence-corrected chi connectivity index (χ4v) is 3.09. The molecule has 0 spiro atoms. The molecule has 1 unspecified atom stereocenters. The third kappa shape index (κ3) is 2.86. The number of hydrogen-bond acceptors (Lipinski definition) is 5. The molecule has 0 radical (unpaired) electrons. The van der Waals surface area contributed by atoms with E-state index < -0.39 is 0 Å². The first-order valence-electron chi connectivity index (χ1n) is 8.22. The van der Waals surface area contributed by atoms with Gasteiger partial charge in [-0.1, -0.05) is 12.1 Å². The van der Waals surface area contributed by atoms with E-state index in [2.05, 4.69) is 20.6 Å². The minimum absolute atomic E-state index is 0.153. The van der Waals surface area contributed by atoms with Crippen LogP contribution in [0.5, 0.6) is 0 Å². The molecule has 0 fully saturated rings. The zero-order valence-electron chi connectivity index (χ0n) is 14.4. The van der Waals surface area contributed by atoms with Gasteiger partial charge in [-0.2, -0.15) is 5.10 Å². The smallest absolute Gasteiger partial charge is 0.243 e. The second-order valence-electron chi connectivity index (χ2n) is 6.32. The number of nitrogens with zero attached hydrogens (tertiary/aromatic N) is 6. The van der Waals surface area contributed by atoms with E-state index in [4.69, 9.17) is 0 Å². The van der Waals surface area contributed by atoms with Crippen LogP contribution in [0.25, 0.3) is 5.69 Å². The summed E-state index contributed by atoms with van der Waals surface area (Å²) in [4.78, 5) is 14.6. The largest absolute Gasteiger partial charge is 0.322 e. The molecule has 0 saturated carbocycles. The Morgan fingerprint density at radius 3 is 2.92 bits per heavy atom. The predicted octanol–water partition coefficient (Wildman–Crippen LogP) is 1.36. The topological polar surface area (TPSA) is 80.9 Å². The lowest BCUT2D eigenvalue weighted by atomic mass is 10.2. The van der Waals surface area contributed by atoms with Crippen molar-refractivity contribution in [3.05, 3.63) is 54.1 Å². The number of fused-ring (bicyclic) bond motifs is 1. The molecule has 4 rings (SSSR count). The second kappa shape index (κ2) is 6.34. The Bertz CT molecular complexity index is 964. The van der Waals surface area contributed by atoms with Gasteiger partial charge in [0.1, 0.15) is 29.2 Å². The van der Waals surface area contributed by atoms with Gasteiger partial charge in [-0.3, -0.25) is 9.69 Å². The van der Waals surface area contributed by atoms with E-state index in [-0.39, 0.29) is 17.8 Å². The Balaban J connectivity index is 1.51. The van der Waals surface area contributed by atoms with Gasteiger partial charge in [0.05, 0.1) is 31.2 Å². The number of benzene rings is 1. The van der Waals surface area contributed by atoms with Crippen molar-refractivity contribution in [1.82, 2.24) is 29.4 Å². The fourth-order valence-electron chi connectivity index (χ4n) is 3.09. The summed E-state index contributed by atoms with van der Waals surface area (Å²) < 4.78 is 17.2. The SMILES string of the molecule is Cc1nnc2n1CC(C(=O)Nc1cnn(-c3ccccc3F)c1)N(C)C2. The lowest BCUT2D eigenvalue weighted by Crippen LogP contribution is -2.48. The summed E-state index contributed by atoms with van der Waals surface area (Å²) in [5.74, 6) is 1.11. The summed E-state index contributed by atoms with van der Waals surface area (Å²) in [6, 6.07) is 5.98. The van der Waals surface area contributed by atoms with E-state index in [0.29, 0.717) is 24.5 Å². The van der Waals surface area contributed by atoms with Crippen LogP contribution in [0, 0.1) is 12.7 Å². The summed E-state index contributed by atoms with van der Waals surface area (Å²) in [6.45, 7) is 2.90. The van der Waals surface area contributed by atoms with Crippen molar-refractivity contribution in [1.29, 1.82) is 0 Å². The number of anilines is 1. The van der Waals surface area contributed by atoms with Crippen molar-refractivity contribution in [2.24, 2.45) is 0 Å². The van der Waals surface area contributed by atoms with E-state index in [0.717, 1.165) is 11.6 Å². The highest BCUT2D eigenvalue weighted by atomic mass is 19.1. The first-order chi connectivity index (χ1) is 12.5. The Labute approximate surface area is 149 Å². The maximum Gasteiger partial charge on any atom is 0.243 e. The lowest BCUT2D eigenvalue weighted by Gasteiger charge is -2.31. The van der Waals surface area contributed by atoms with Gasteiger partial charge in [0.25, 0.3) is 0 Å². The second-order valence-corrected chi connectivity index (χ2v) is 6.32. The Morgan fingerprint density at radius 1 is 1.31 bits per heavy atom. The van der Waals surface area contributed by atoms with Gasteiger partial charge in [-0.05, 0) is 26.1 Å². The van der Waals surface area contributed by atoms with E-state index in [9.17, 15) is 9.18 Å². The molecule has 3 aromatic rings. The Hall–Kier alpha value is -3.07. The standard InChI is InChI=1S/C17H18FN7O/c1-11-21-22-16-10-23(2)15(9-24(11)16)17(26)20-12-7-19-25(8-12)14-6-4-3-5-13(14)18/h3-8,15H,9-10H2,1-2H3,(H,20,26). The molecule has 26 heavy (non-hydrogen) atoms. The van der Waals surface area contributed by atoms with Gasteiger partial charge in [0.15, 0.2) is 0 Å². The molecule has 1 aliphatic rings. The number of halogens is 1. The third-order valence-corrected chi connectivity index (χ3v) is 4.54. The van der Waals surface area contributed by atoms with Crippen LogP contribution < -0.4 is 5.32 Å². The minimum atomic E-state index is -0.379. The van der Waals surface area contributed by atoms with Gasteiger partial charge >= 0.3 is 0 Å². The van der Waals surface area contributed by atoms with E-state index in [1.807, 2.05) is 23.4 Å². The van der Waals surface area contributed by atoms with Crippen molar-refractivity contribution in [3.8, 4) is 5.69 Å². The number of aryl methyl sites for hydroxylation is 1. The molecular weight excluding hydrogens is 337 g/mol. The van der Waals surface area contributed by atoms with Crippen molar-refractivity contribution in [2.75, 3.05) is 12.4 Å². The molecule has 134 valence electrons. The van der Waals surface area contributed by atoms with Crippen LogP contribution in [0.2, 0.25) is 0 Å². The average molecular weight is 355 g/mol.